The van der Waals surface area contributed by atoms with E-state index in [1.807, 2.05) is 4.90 Å². The van der Waals surface area contributed by atoms with Gasteiger partial charge in [0, 0.05) is 58.9 Å². The van der Waals surface area contributed by atoms with E-state index in [4.69, 9.17) is 51.6 Å². The van der Waals surface area contributed by atoms with Gasteiger partial charge >= 0.3 is 0 Å². The summed E-state index contributed by atoms with van der Waals surface area (Å²) < 4.78 is 0. The number of guanidine groups is 3. The largest absolute Gasteiger partial charge is 0.370 e. The molecule has 0 fully saturated rings. The van der Waals surface area contributed by atoms with Gasteiger partial charge in [-0.05, 0) is 38.5 Å². The molecule has 248 valence electrons. The molecule has 0 bridgehead atoms. The third-order valence-electron chi connectivity index (χ3n) is 6.09. The average molecular weight is 615 g/mol. The van der Waals surface area contributed by atoms with E-state index < -0.39 is 18.1 Å². The molecule has 0 spiro atoms. The lowest BCUT2D eigenvalue weighted by molar-refractivity contribution is -0.123. The Morgan fingerprint density at radius 1 is 0.512 bits per heavy atom. The molecule has 19 nitrogen and oxygen atoms in total. The van der Waals surface area contributed by atoms with Gasteiger partial charge in [-0.25, -0.2) is 0 Å². The maximum absolute atomic E-state index is 12.4. The van der Waals surface area contributed by atoms with Crippen molar-refractivity contribution >= 4 is 35.6 Å². The van der Waals surface area contributed by atoms with E-state index in [2.05, 4.69) is 30.9 Å². The molecule has 0 aliphatic rings. The topological polar surface area (TPSA) is 362 Å². The summed E-state index contributed by atoms with van der Waals surface area (Å²) >= 11 is 0. The molecule has 21 N–H and O–H groups in total. The number of aliphatic imine (C=N–C) groups is 3. The summed E-state index contributed by atoms with van der Waals surface area (Å²) in [7, 11) is 0. The van der Waals surface area contributed by atoms with Gasteiger partial charge in [0.1, 0.15) is 0 Å². The number of hydrogen-bond donors (Lipinski definition) is 12. The predicted octanol–water partition coefficient (Wildman–Crippen LogP) is -6.22. The van der Waals surface area contributed by atoms with E-state index in [1.54, 1.807) is 0 Å². The number of rotatable bonds is 24. The summed E-state index contributed by atoms with van der Waals surface area (Å²) in [5.74, 6) is -0.945. The molecule has 0 unspecified atom stereocenters. The van der Waals surface area contributed by atoms with Crippen molar-refractivity contribution in [1.29, 1.82) is 0 Å². The molecule has 0 aromatic heterocycles. The van der Waals surface area contributed by atoms with Gasteiger partial charge in [0.25, 0.3) is 0 Å². The molecule has 3 atom stereocenters. The van der Waals surface area contributed by atoms with Crippen LogP contribution in [-0.4, -0.2) is 118 Å². The van der Waals surface area contributed by atoms with Crippen molar-refractivity contribution in [3.8, 4) is 0 Å². The van der Waals surface area contributed by atoms with Crippen LogP contribution in [0.15, 0.2) is 15.0 Å². The number of carbonyl (C=O) groups excluding carboxylic acids is 3. The number of carbonyl (C=O) groups is 3. The van der Waals surface area contributed by atoms with Crippen LogP contribution < -0.4 is 67.6 Å². The molecule has 0 aliphatic carbocycles. The Morgan fingerprint density at radius 3 is 1.00 bits per heavy atom. The summed E-state index contributed by atoms with van der Waals surface area (Å²) in [6.45, 7) is 3.37. The van der Waals surface area contributed by atoms with Crippen molar-refractivity contribution in [1.82, 2.24) is 20.9 Å². The minimum atomic E-state index is -0.705. The Labute approximate surface area is 253 Å². The minimum Gasteiger partial charge on any atom is -0.370 e. The Balaban J connectivity index is 4.77. The van der Waals surface area contributed by atoms with Gasteiger partial charge in [-0.15, -0.1) is 0 Å². The van der Waals surface area contributed by atoms with Gasteiger partial charge in [-0.2, -0.15) is 0 Å². The zero-order valence-corrected chi connectivity index (χ0v) is 25.0. The summed E-state index contributed by atoms with van der Waals surface area (Å²) in [6, 6.07) is -2.12. The molecule has 19 heteroatoms. The minimum absolute atomic E-state index is 0.0137. The third kappa shape index (κ3) is 22.3. The SMILES string of the molecule is NC(N)=NCCC[C@H](N)C(=O)NCCN(CCNC(=O)[C@@H](N)CCCN=C(N)N)CCNC(=O)[C@@H](N)CCCN=C(N)N. The Kier molecular flexibility index (Phi) is 21.4. The van der Waals surface area contributed by atoms with E-state index in [0.717, 1.165) is 0 Å². The first kappa shape index (κ1) is 39.1. The van der Waals surface area contributed by atoms with Crippen molar-refractivity contribution in [2.45, 2.75) is 56.7 Å². The quantitative estimate of drug-likeness (QED) is 0.0274. The van der Waals surface area contributed by atoms with E-state index in [0.29, 0.717) is 97.4 Å². The van der Waals surface area contributed by atoms with Gasteiger partial charge < -0.3 is 67.6 Å². The Hall–Kier alpha value is -3.94. The molecule has 0 aromatic carbocycles. The van der Waals surface area contributed by atoms with Gasteiger partial charge in [0.2, 0.25) is 17.7 Å². The average Bonchev–Trinajstić information content (AvgIpc) is 2.94. The molecule has 0 rings (SSSR count). The summed E-state index contributed by atoms with van der Waals surface area (Å²) in [5, 5.41) is 8.42. The normalized spacial score (nSPS) is 12.8. The fourth-order valence-corrected chi connectivity index (χ4v) is 3.69. The van der Waals surface area contributed by atoms with Gasteiger partial charge in [-0.1, -0.05) is 0 Å². The second kappa shape index (κ2) is 23.6. The van der Waals surface area contributed by atoms with Crippen molar-refractivity contribution < 1.29 is 14.4 Å². The lowest BCUT2D eigenvalue weighted by Crippen LogP contribution is -2.48. The fourth-order valence-electron chi connectivity index (χ4n) is 3.69. The lowest BCUT2D eigenvalue weighted by atomic mass is 10.1. The maximum atomic E-state index is 12.4. The fraction of sp³-hybridized carbons (Fsp3) is 0.750. The molecule has 3 amide bonds. The molecule has 0 saturated heterocycles. The van der Waals surface area contributed by atoms with Gasteiger partial charge in [-0.3, -0.25) is 34.3 Å². The standard InChI is InChI=1S/C24H54N16O3/c25-16(4-1-7-37-22(28)29)19(41)34-10-13-40(14-11-35-20(42)17(26)5-2-8-38-23(30)31)15-12-36-21(43)18(27)6-3-9-39-24(32)33/h16-18H,1-15,25-27H2,(H,34,41)(H,35,42)(H,36,43)(H4,28,29,37)(H4,30,31,38)(H4,32,33,39)/t16-,17-,18-/m0/s1. The van der Waals surface area contributed by atoms with Crippen molar-refractivity contribution in [2.24, 2.45) is 66.6 Å². The van der Waals surface area contributed by atoms with Crippen molar-refractivity contribution in [3.63, 3.8) is 0 Å². The van der Waals surface area contributed by atoms with Crippen LogP contribution in [0.2, 0.25) is 0 Å². The second-order valence-electron chi connectivity index (χ2n) is 9.88. The van der Waals surface area contributed by atoms with Crippen LogP contribution in [0.1, 0.15) is 38.5 Å². The van der Waals surface area contributed by atoms with E-state index in [9.17, 15) is 14.4 Å². The Morgan fingerprint density at radius 2 is 0.767 bits per heavy atom. The molecule has 0 aromatic rings. The van der Waals surface area contributed by atoms with Crippen LogP contribution in [-0.2, 0) is 14.4 Å². The zero-order chi connectivity index (χ0) is 32.6. The van der Waals surface area contributed by atoms with Crippen LogP contribution >= 0.6 is 0 Å². The highest BCUT2D eigenvalue weighted by atomic mass is 16.2. The van der Waals surface area contributed by atoms with Gasteiger partial charge in [0.05, 0.1) is 18.1 Å². The summed E-state index contributed by atoms with van der Waals surface area (Å²) in [4.78, 5) is 50.7. The monoisotopic (exact) mass is 614 g/mol. The highest BCUT2D eigenvalue weighted by Crippen LogP contribution is 1.98. The van der Waals surface area contributed by atoms with Crippen LogP contribution in [0, 0.1) is 0 Å². The number of nitrogens with one attached hydrogen (secondary N) is 3. The third-order valence-corrected chi connectivity index (χ3v) is 6.09. The molecule has 43 heavy (non-hydrogen) atoms. The Bertz CT molecular complexity index is 787. The van der Waals surface area contributed by atoms with Crippen LogP contribution in [0.25, 0.3) is 0 Å². The smallest absolute Gasteiger partial charge is 0.236 e. The highest BCUT2D eigenvalue weighted by molar-refractivity contribution is 5.82. The van der Waals surface area contributed by atoms with E-state index in [1.165, 1.54) is 0 Å². The van der Waals surface area contributed by atoms with Crippen LogP contribution in [0.4, 0.5) is 0 Å². The number of hydrogen-bond acceptors (Lipinski definition) is 10. The zero-order valence-electron chi connectivity index (χ0n) is 25.0. The number of nitrogens with zero attached hydrogens (tertiary/aromatic N) is 4. The molecule has 0 saturated carbocycles. The number of amides is 3. The predicted molar refractivity (Wildman–Crippen MR) is 169 cm³/mol. The molecular weight excluding hydrogens is 560 g/mol. The first-order valence-electron chi connectivity index (χ1n) is 14.3. The molecule has 0 aliphatic heterocycles. The van der Waals surface area contributed by atoms with Crippen LogP contribution in [0.3, 0.4) is 0 Å². The van der Waals surface area contributed by atoms with Crippen LogP contribution in [0.5, 0.6) is 0 Å². The lowest BCUT2D eigenvalue weighted by Gasteiger charge is -2.24. The van der Waals surface area contributed by atoms with Gasteiger partial charge in [0.15, 0.2) is 17.9 Å². The van der Waals surface area contributed by atoms with E-state index >= 15 is 0 Å². The highest BCUT2D eigenvalue weighted by Gasteiger charge is 2.16. The maximum Gasteiger partial charge on any atom is 0.236 e. The molecular formula is C24H54N16O3. The van der Waals surface area contributed by atoms with Crippen molar-refractivity contribution in [3.05, 3.63) is 0 Å². The number of nitrogens with two attached hydrogens (primary N) is 9. The first-order valence-corrected chi connectivity index (χ1v) is 14.3. The summed E-state index contributed by atoms with van der Waals surface area (Å²) in [5.41, 5.74) is 49.6. The van der Waals surface area contributed by atoms with E-state index in [-0.39, 0.29) is 35.6 Å². The summed E-state index contributed by atoms with van der Waals surface area (Å²) in [6.07, 6.45) is 2.94. The first-order chi connectivity index (χ1) is 20.3. The molecule has 0 radical (unpaired) electrons. The molecule has 0 heterocycles. The second-order valence-corrected chi connectivity index (χ2v) is 9.88. The van der Waals surface area contributed by atoms with Crippen molar-refractivity contribution in [2.75, 3.05) is 58.9 Å².